The van der Waals surface area contributed by atoms with Gasteiger partial charge in [0.05, 0.1) is 6.10 Å². The van der Waals surface area contributed by atoms with E-state index in [1.807, 2.05) is 0 Å². The number of aromatic amines is 1. The number of H-pyrrole nitrogens is 1. The van der Waals surface area contributed by atoms with Gasteiger partial charge in [-0.25, -0.2) is 4.79 Å². The van der Waals surface area contributed by atoms with E-state index in [0.717, 1.165) is 6.42 Å². The molecule has 2 aromatic rings. The molecule has 1 aliphatic rings. The molecule has 1 amide bonds. The summed E-state index contributed by atoms with van der Waals surface area (Å²) >= 11 is 0. The highest BCUT2D eigenvalue weighted by Gasteiger charge is 2.23. The second-order valence-corrected chi connectivity index (χ2v) is 5.96. The van der Waals surface area contributed by atoms with E-state index in [1.54, 1.807) is 11.9 Å². The van der Waals surface area contributed by atoms with Crippen molar-refractivity contribution in [2.24, 2.45) is 14.1 Å². The van der Waals surface area contributed by atoms with Crippen molar-refractivity contribution in [2.75, 3.05) is 25.0 Å². The normalized spacial score (nSPS) is 16.1. The van der Waals surface area contributed by atoms with Crippen LogP contribution in [0.4, 0.5) is 5.95 Å². The smallest absolute Gasteiger partial charge is 0.329 e. The number of nitrogens with zero attached hydrogens (tertiary/aromatic N) is 4. The van der Waals surface area contributed by atoms with Crippen molar-refractivity contribution in [1.29, 1.82) is 0 Å². The molecule has 1 saturated heterocycles. The molecule has 0 spiro atoms. The molecular weight excluding hydrogens is 316 g/mol. The molecule has 0 bridgehead atoms. The standard InChI is InChI=1S/C14H20N6O4/c1-18-10-11(19(2)14(24)17-12(10)23)16-13(18)15-6-8(21)7-20-5-3-4-9(20)22/h8,21H,3-7H2,1-2H3,(H,15,16)(H,17,23,24)/t8-/m0/s1. The first-order chi connectivity index (χ1) is 11.4. The molecular formula is C14H20N6O4. The van der Waals surface area contributed by atoms with Crippen molar-refractivity contribution < 1.29 is 9.90 Å². The Bertz CT molecular complexity index is 895. The highest BCUT2D eigenvalue weighted by molar-refractivity contribution is 5.78. The molecule has 0 aliphatic carbocycles. The average Bonchev–Trinajstić information content (AvgIpc) is 3.07. The number of aliphatic hydroxyl groups excluding tert-OH is 1. The predicted molar refractivity (Wildman–Crippen MR) is 86.9 cm³/mol. The molecule has 3 rings (SSSR count). The van der Waals surface area contributed by atoms with Crippen molar-refractivity contribution in [3.8, 4) is 0 Å². The molecule has 3 heterocycles. The number of hydrogen-bond acceptors (Lipinski definition) is 6. The first kappa shape index (κ1) is 16.2. The number of amides is 1. The lowest BCUT2D eigenvalue weighted by Crippen LogP contribution is -2.37. The lowest BCUT2D eigenvalue weighted by atomic mass is 10.3. The fourth-order valence-corrected chi connectivity index (χ4v) is 2.89. The fourth-order valence-electron chi connectivity index (χ4n) is 2.89. The number of likely N-dealkylation sites (tertiary alicyclic amines) is 1. The molecule has 2 aromatic heterocycles. The zero-order valence-corrected chi connectivity index (χ0v) is 13.6. The highest BCUT2D eigenvalue weighted by Crippen LogP contribution is 2.13. The maximum atomic E-state index is 11.9. The minimum absolute atomic E-state index is 0.0540. The monoisotopic (exact) mass is 336 g/mol. The summed E-state index contributed by atoms with van der Waals surface area (Å²) in [6.07, 6.45) is 0.594. The number of aryl methyl sites for hydroxylation is 2. The number of fused-ring (bicyclic) bond motifs is 1. The van der Waals surface area contributed by atoms with E-state index >= 15 is 0 Å². The number of rotatable bonds is 5. The Morgan fingerprint density at radius 1 is 1.29 bits per heavy atom. The van der Waals surface area contributed by atoms with Crippen LogP contribution in [-0.4, -0.2) is 60.8 Å². The Morgan fingerprint density at radius 2 is 2.04 bits per heavy atom. The minimum Gasteiger partial charge on any atom is -0.389 e. The van der Waals surface area contributed by atoms with Gasteiger partial charge in [0.2, 0.25) is 11.9 Å². The lowest BCUT2D eigenvalue weighted by molar-refractivity contribution is -0.128. The molecule has 1 atom stereocenters. The third-order valence-corrected chi connectivity index (χ3v) is 4.23. The van der Waals surface area contributed by atoms with Gasteiger partial charge in [-0.3, -0.25) is 19.1 Å². The molecule has 24 heavy (non-hydrogen) atoms. The van der Waals surface area contributed by atoms with Crippen LogP contribution >= 0.6 is 0 Å². The second kappa shape index (κ2) is 6.11. The minimum atomic E-state index is -0.756. The summed E-state index contributed by atoms with van der Waals surface area (Å²) in [6.45, 7) is 1.10. The van der Waals surface area contributed by atoms with Gasteiger partial charge < -0.3 is 19.9 Å². The number of nitrogens with one attached hydrogen (secondary N) is 2. The molecule has 10 nitrogen and oxygen atoms in total. The van der Waals surface area contributed by atoms with Gasteiger partial charge in [0, 0.05) is 40.2 Å². The summed E-state index contributed by atoms with van der Waals surface area (Å²) in [7, 11) is 3.17. The molecule has 0 radical (unpaired) electrons. The molecule has 0 aromatic carbocycles. The first-order valence-electron chi connectivity index (χ1n) is 7.74. The predicted octanol–water partition coefficient (Wildman–Crippen LogP) is -1.64. The van der Waals surface area contributed by atoms with Crippen LogP contribution < -0.4 is 16.6 Å². The van der Waals surface area contributed by atoms with E-state index in [0.29, 0.717) is 18.9 Å². The summed E-state index contributed by atoms with van der Waals surface area (Å²) < 4.78 is 2.78. The van der Waals surface area contributed by atoms with Gasteiger partial charge >= 0.3 is 5.69 Å². The number of imidazole rings is 1. The SMILES string of the molecule is Cn1c(NC[C@H](O)CN2CCCC2=O)nc2c1c(=O)[nH]c(=O)n2C. The van der Waals surface area contributed by atoms with Gasteiger partial charge in [0.25, 0.3) is 5.56 Å². The lowest BCUT2D eigenvalue weighted by Gasteiger charge is -2.20. The van der Waals surface area contributed by atoms with Crippen molar-refractivity contribution in [3.05, 3.63) is 20.8 Å². The zero-order valence-electron chi connectivity index (χ0n) is 13.6. The highest BCUT2D eigenvalue weighted by atomic mass is 16.3. The number of aromatic nitrogens is 4. The maximum Gasteiger partial charge on any atom is 0.329 e. The van der Waals surface area contributed by atoms with Crippen LogP contribution in [0.25, 0.3) is 11.2 Å². The van der Waals surface area contributed by atoms with Gasteiger partial charge in [-0.2, -0.15) is 4.98 Å². The van der Waals surface area contributed by atoms with Crippen molar-refractivity contribution >= 4 is 23.0 Å². The molecule has 3 N–H and O–H groups in total. The van der Waals surface area contributed by atoms with Crippen LogP contribution in [0.5, 0.6) is 0 Å². The Hall–Kier alpha value is -2.62. The Kier molecular flexibility index (Phi) is 4.14. The van der Waals surface area contributed by atoms with Crippen LogP contribution in [0.1, 0.15) is 12.8 Å². The quantitative estimate of drug-likeness (QED) is 0.601. The number of hydrogen-bond donors (Lipinski definition) is 3. The van der Waals surface area contributed by atoms with Crippen molar-refractivity contribution in [3.63, 3.8) is 0 Å². The number of β-amino-alcohol motifs (C(OH)–C–C–N with tert-alkyl or cyclic N) is 1. The number of aliphatic hydroxyl groups is 1. The van der Waals surface area contributed by atoms with Crippen molar-refractivity contribution in [2.45, 2.75) is 18.9 Å². The summed E-state index contributed by atoms with van der Waals surface area (Å²) in [6, 6.07) is 0. The summed E-state index contributed by atoms with van der Waals surface area (Å²) in [5.74, 6) is 0.418. The first-order valence-corrected chi connectivity index (χ1v) is 7.74. The molecule has 0 unspecified atom stereocenters. The Balaban J connectivity index is 1.76. The van der Waals surface area contributed by atoms with Gasteiger partial charge in [0.1, 0.15) is 0 Å². The van der Waals surface area contributed by atoms with Gasteiger partial charge in [-0.15, -0.1) is 0 Å². The van der Waals surface area contributed by atoms with E-state index < -0.39 is 17.4 Å². The fraction of sp³-hybridized carbons (Fsp3) is 0.571. The second-order valence-electron chi connectivity index (χ2n) is 5.96. The number of carbonyl (C=O) groups is 1. The van der Waals surface area contributed by atoms with E-state index in [1.165, 1.54) is 16.2 Å². The van der Waals surface area contributed by atoms with Gasteiger partial charge in [-0.05, 0) is 6.42 Å². The van der Waals surface area contributed by atoms with Crippen LogP contribution in [0, 0.1) is 0 Å². The Labute approximate surface area is 136 Å². The van der Waals surface area contributed by atoms with Gasteiger partial charge in [0.15, 0.2) is 11.2 Å². The summed E-state index contributed by atoms with van der Waals surface area (Å²) in [5.41, 5.74) is -0.522. The average molecular weight is 336 g/mol. The van der Waals surface area contributed by atoms with Crippen LogP contribution in [-0.2, 0) is 18.9 Å². The summed E-state index contributed by atoms with van der Waals surface area (Å²) in [4.78, 5) is 43.2. The van der Waals surface area contributed by atoms with Crippen LogP contribution in [0.15, 0.2) is 9.59 Å². The topological polar surface area (TPSA) is 125 Å². The van der Waals surface area contributed by atoms with E-state index in [-0.39, 0.29) is 30.2 Å². The largest absolute Gasteiger partial charge is 0.389 e. The van der Waals surface area contributed by atoms with Crippen molar-refractivity contribution in [1.82, 2.24) is 24.0 Å². The van der Waals surface area contributed by atoms with E-state index in [4.69, 9.17) is 0 Å². The third kappa shape index (κ3) is 2.80. The molecule has 10 heteroatoms. The number of anilines is 1. The molecule has 0 saturated carbocycles. The Morgan fingerprint density at radius 3 is 2.71 bits per heavy atom. The molecule has 1 aliphatic heterocycles. The maximum absolute atomic E-state index is 11.9. The molecule has 1 fully saturated rings. The van der Waals surface area contributed by atoms with E-state index in [2.05, 4.69) is 15.3 Å². The van der Waals surface area contributed by atoms with Gasteiger partial charge in [-0.1, -0.05) is 0 Å². The molecule has 130 valence electrons. The summed E-state index contributed by atoms with van der Waals surface area (Å²) in [5, 5.41) is 13.1. The third-order valence-electron chi connectivity index (χ3n) is 4.23. The zero-order chi connectivity index (χ0) is 17.4. The van der Waals surface area contributed by atoms with Crippen LogP contribution in [0.3, 0.4) is 0 Å². The van der Waals surface area contributed by atoms with Crippen LogP contribution in [0.2, 0.25) is 0 Å². The number of carbonyl (C=O) groups excluding carboxylic acids is 1. The van der Waals surface area contributed by atoms with E-state index in [9.17, 15) is 19.5 Å².